The van der Waals surface area contributed by atoms with E-state index in [1.54, 1.807) is 25.3 Å². The minimum atomic E-state index is -1.16. The lowest BCUT2D eigenvalue weighted by molar-refractivity contribution is -0.119. The molecule has 0 radical (unpaired) electrons. The predicted octanol–water partition coefficient (Wildman–Crippen LogP) is 4.90. The molecule has 0 unspecified atom stereocenters. The molecule has 1 atom stereocenters. The molecule has 3 aromatic heterocycles. The summed E-state index contributed by atoms with van der Waals surface area (Å²) >= 11 is 6.14. The van der Waals surface area contributed by atoms with Crippen molar-refractivity contribution in [1.82, 2.24) is 24.3 Å². The number of nitrogens with zero attached hydrogens (tertiary/aromatic N) is 5. The van der Waals surface area contributed by atoms with E-state index >= 15 is 0 Å². The molecule has 4 heterocycles. The fourth-order valence-corrected chi connectivity index (χ4v) is 5.88. The Labute approximate surface area is 219 Å². The third kappa shape index (κ3) is 3.98. The second kappa shape index (κ2) is 8.99. The van der Waals surface area contributed by atoms with Gasteiger partial charge in [-0.05, 0) is 43.4 Å². The number of phenolic OH excluding ortho intramolecular Hbond substituents is 1. The van der Waals surface area contributed by atoms with E-state index in [1.165, 1.54) is 38.2 Å². The number of hydrogen-bond donors (Lipinski definition) is 3. The molecule has 1 saturated carbocycles. The molecule has 190 valence electrons. The smallest absolute Gasteiger partial charge is 0.240 e. The summed E-state index contributed by atoms with van der Waals surface area (Å²) in [7, 11) is 0. The normalized spacial score (nSPS) is 19.8. The number of phenols is 1. The lowest BCUT2D eigenvalue weighted by Crippen LogP contribution is -2.33. The van der Waals surface area contributed by atoms with Crippen LogP contribution < -0.4 is 11.1 Å². The average Bonchev–Trinajstić information content (AvgIpc) is 3.47. The predicted molar refractivity (Wildman–Crippen MR) is 142 cm³/mol. The summed E-state index contributed by atoms with van der Waals surface area (Å²) in [5.74, 6) is 1.22. The van der Waals surface area contributed by atoms with Crippen LogP contribution in [0.1, 0.15) is 62.3 Å². The molecule has 0 bridgehead atoms. The van der Waals surface area contributed by atoms with E-state index in [1.807, 2.05) is 16.8 Å². The summed E-state index contributed by atoms with van der Waals surface area (Å²) in [4.78, 5) is 31.9. The summed E-state index contributed by atoms with van der Waals surface area (Å²) in [6.07, 6.45) is 13.9. The molecule has 1 fully saturated rings. The molecule has 37 heavy (non-hydrogen) atoms. The highest BCUT2D eigenvalue weighted by Crippen LogP contribution is 2.46. The number of nitrogens with two attached hydrogens (primary N) is 1. The molecule has 1 aliphatic carbocycles. The van der Waals surface area contributed by atoms with E-state index in [-0.39, 0.29) is 22.5 Å². The Bertz CT molecular complexity index is 1530. The number of halogens is 1. The van der Waals surface area contributed by atoms with Crippen LogP contribution in [0.4, 0.5) is 11.6 Å². The Kier molecular flexibility index (Phi) is 5.75. The van der Waals surface area contributed by atoms with Gasteiger partial charge in [-0.2, -0.15) is 0 Å². The SMILES string of the molecule is C[C@]1(c2ccc(O)c(Cl)c2)C(=O)Nc2nc(-c3cn4ccnc4c(CCC4CCCCC4)n3)nc(N)c21. The van der Waals surface area contributed by atoms with Gasteiger partial charge in [-0.3, -0.25) is 4.79 Å². The number of nitrogens with one attached hydrogen (secondary N) is 1. The van der Waals surface area contributed by atoms with Crippen molar-refractivity contribution in [3.05, 3.63) is 58.6 Å². The topological polar surface area (TPSA) is 131 Å². The van der Waals surface area contributed by atoms with Gasteiger partial charge in [0.1, 0.15) is 28.5 Å². The number of imidazole rings is 1. The lowest BCUT2D eigenvalue weighted by atomic mass is 9.77. The molecule has 1 aliphatic heterocycles. The highest BCUT2D eigenvalue weighted by molar-refractivity contribution is 6.32. The molecule has 1 amide bonds. The zero-order valence-corrected chi connectivity index (χ0v) is 21.3. The van der Waals surface area contributed by atoms with Crippen LogP contribution in [0.2, 0.25) is 5.02 Å². The summed E-state index contributed by atoms with van der Waals surface area (Å²) in [6.45, 7) is 1.75. The minimum absolute atomic E-state index is 0.0625. The zero-order chi connectivity index (χ0) is 25.7. The van der Waals surface area contributed by atoms with Crippen molar-refractivity contribution >= 4 is 34.8 Å². The number of aryl methyl sites for hydroxylation is 1. The van der Waals surface area contributed by atoms with Gasteiger partial charge in [-0.15, -0.1) is 0 Å². The number of hydrogen-bond acceptors (Lipinski definition) is 7. The quantitative estimate of drug-likeness (QED) is 0.343. The summed E-state index contributed by atoms with van der Waals surface area (Å²) in [5, 5.41) is 12.9. The Hall–Kier alpha value is -3.72. The molecule has 1 aromatic carbocycles. The van der Waals surface area contributed by atoms with Gasteiger partial charge in [-0.25, -0.2) is 19.9 Å². The number of benzene rings is 1. The molecular weight excluding hydrogens is 490 g/mol. The summed E-state index contributed by atoms with van der Waals surface area (Å²) in [6, 6.07) is 4.67. The van der Waals surface area contributed by atoms with E-state index in [9.17, 15) is 9.90 Å². The van der Waals surface area contributed by atoms with Crippen LogP contribution in [-0.2, 0) is 16.6 Å². The first-order valence-electron chi connectivity index (χ1n) is 12.7. The van der Waals surface area contributed by atoms with Crippen LogP contribution in [0.15, 0.2) is 36.8 Å². The number of carbonyl (C=O) groups excluding carboxylic acids is 1. The van der Waals surface area contributed by atoms with Crippen molar-refractivity contribution in [2.24, 2.45) is 5.92 Å². The average molecular weight is 518 g/mol. The van der Waals surface area contributed by atoms with Gasteiger partial charge in [0.2, 0.25) is 5.91 Å². The summed E-state index contributed by atoms with van der Waals surface area (Å²) in [5.41, 5.74) is 8.66. The Morgan fingerprint density at radius 2 is 2.03 bits per heavy atom. The fraction of sp³-hybridized carbons (Fsp3) is 0.370. The number of fused-ring (bicyclic) bond motifs is 2. The van der Waals surface area contributed by atoms with Crippen molar-refractivity contribution in [2.45, 2.75) is 57.3 Å². The molecule has 4 aromatic rings. The molecule has 0 spiro atoms. The molecule has 0 saturated heterocycles. The molecule has 10 heteroatoms. The Morgan fingerprint density at radius 1 is 1.22 bits per heavy atom. The number of amides is 1. The van der Waals surface area contributed by atoms with Crippen LogP contribution in [0.25, 0.3) is 17.2 Å². The van der Waals surface area contributed by atoms with Gasteiger partial charge in [0.15, 0.2) is 11.5 Å². The van der Waals surface area contributed by atoms with Crippen molar-refractivity contribution in [3.63, 3.8) is 0 Å². The third-order valence-corrected chi connectivity index (χ3v) is 8.14. The number of anilines is 2. The van der Waals surface area contributed by atoms with Crippen LogP contribution in [0, 0.1) is 5.92 Å². The van der Waals surface area contributed by atoms with Gasteiger partial charge < -0.3 is 20.6 Å². The number of rotatable bonds is 5. The molecule has 2 aliphatic rings. The van der Waals surface area contributed by atoms with Crippen molar-refractivity contribution in [2.75, 3.05) is 11.1 Å². The van der Waals surface area contributed by atoms with Crippen molar-refractivity contribution in [1.29, 1.82) is 0 Å². The summed E-state index contributed by atoms with van der Waals surface area (Å²) < 4.78 is 1.94. The molecule has 6 rings (SSSR count). The highest BCUT2D eigenvalue weighted by Gasteiger charge is 2.47. The first-order chi connectivity index (χ1) is 17.8. The van der Waals surface area contributed by atoms with Gasteiger partial charge >= 0.3 is 0 Å². The van der Waals surface area contributed by atoms with E-state index in [2.05, 4.69) is 20.3 Å². The molecular formula is C27H28ClN7O2. The zero-order valence-electron chi connectivity index (χ0n) is 20.5. The number of carbonyl (C=O) groups is 1. The van der Waals surface area contributed by atoms with Crippen LogP contribution in [0.5, 0.6) is 5.75 Å². The maximum absolute atomic E-state index is 13.2. The van der Waals surface area contributed by atoms with Crippen molar-refractivity contribution < 1.29 is 9.90 Å². The van der Waals surface area contributed by atoms with Gasteiger partial charge in [0.05, 0.1) is 16.3 Å². The first-order valence-corrected chi connectivity index (χ1v) is 13.0. The van der Waals surface area contributed by atoms with E-state index in [0.29, 0.717) is 28.5 Å². The molecule has 4 N–H and O–H groups in total. The van der Waals surface area contributed by atoms with Gasteiger partial charge in [0, 0.05) is 18.6 Å². The standard InChI is InChI=1S/C27H28ClN7O2/c1-27(16-8-10-20(36)17(28)13-16)21-22(29)32-23(33-24(21)34-26(27)37)19-14-35-12-11-30-25(35)18(31-19)9-7-15-5-3-2-4-6-15/h8,10-15,36H,2-7,9H2,1H3,(H3,29,32,33,34,37)/t27-/m1/s1. The fourth-order valence-electron chi connectivity index (χ4n) is 5.70. The Morgan fingerprint density at radius 3 is 2.81 bits per heavy atom. The van der Waals surface area contributed by atoms with Gasteiger partial charge in [0.25, 0.3) is 0 Å². The van der Waals surface area contributed by atoms with Gasteiger partial charge in [-0.1, -0.05) is 49.8 Å². The monoisotopic (exact) mass is 517 g/mol. The van der Waals surface area contributed by atoms with Crippen molar-refractivity contribution in [3.8, 4) is 17.3 Å². The van der Waals surface area contributed by atoms with E-state index in [0.717, 1.165) is 30.1 Å². The second-order valence-electron chi connectivity index (χ2n) is 10.2. The number of aromatic hydroxyl groups is 1. The van der Waals surface area contributed by atoms with Crippen LogP contribution in [-0.4, -0.2) is 35.4 Å². The van der Waals surface area contributed by atoms with Crippen LogP contribution in [0.3, 0.4) is 0 Å². The number of nitrogen functional groups attached to an aromatic ring is 1. The largest absolute Gasteiger partial charge is 0.506 e. The molecule has 9 nitrogen and oxygen atoms in total. The lowest BCUT2D eigenvalue weighted by Gasteiger charge is -2.23. The highest BCUT2D eigenvalue weighted by atomic mass is 35.5. The first kappa shape index (κ1) is 23.7. The van der Waals surface area contributed by atoms with Crippen LogP contribution >= 0.6 is 11.6 Å². The maximum Gasteiger partial charge on any atom is 0.240 e. The maximum atomic E-state index is 13.2. The van der Waals surface area contributed by atoms with E-state index in [4.69, 9.17) is 22.3 Å². The minimum Gasteiger partial charge on any atom is -0.506 e. The second-order valence-corrected chi connectivity index (χ2v) is 10.6. The van der Waals surface area contributed by atoms with E-state index < -0.39 is 5.41 Å². The number of aromatic nitrogens is 5. The third-order valence-electron chi connectivity index (χ3n) is 7.83. The Balaban J connectivity index is 1.39.